The summed E-state index contributed by atoms with van der Waals surface area (Å²) < 4.78 is 16.3. The molecule has 0 bridgehead atoms. The van der Waals surface area contributed by atoms with E-state index in [9.17, 15) is 0 Å². The van der Waals surface area contributed by atoms with Gasteiger partial charge in [-0.1, -0.05) is 19.9 Å². The van der Waals surface area contributed by atoms with Gasteiger partial charge in [-0.15, -0.1) is 24.0 Å². The zero-order valence-electron chi connectivity index (χ0n) is 18.7. The maximum atomic E-state index is 5.71. The second kappa shape index (κ2) is 15.6. The molecule has 30 heavy (non-hydrogen) atoms. The molecule has 1 aliphatic heterocycles. The van der Waals surface area contributed by atoms with E-state index in [4.69, 9.17) is 14.2 Å². The number of hydrogen-bond acceptors (Lipinski definition) is 6. The number of ether oxygens (including phenoxy) is 3. The first-order valence-corrected chi connectivity index (χ1v) is 10.5. The second-order valence-electron chi connectivity index (χ2n) is 7.55. The van der Waals surface area contributed by atoms with Gasteiger partial charge in [0.25, 0.3) is 0 Å². The van der Waals surface area contributed by atoms with Gasteiger partial charge in [0, 0.05) is 58.1 Å². The molecule has 9 heteroatoms. The van der Waals surface area contributed by atoms with Gasteiger partial charge in [-0.05, 0) is 18.4 Å². The Morgan fingerprint density at radius 1 is 1.27 bits per heavy atom. The van der Waals surface area contributed by atoms with Crippen LogP contribution in [0.25, 0.3) is 0 Å². The Bertz CT molecular complexity index is 612. The minimum absolute atomic E-state index is 0. The van der Waals surface area contributed by atoms with Crippen LogP contribution in [-0.2, 0) is 16.0 Å². The predicted molar refractivity (Wildman–Crippen MR) is 131 cm³/mol. The third kappa shape index (κ3) is 9.76. The maximum Gasteiger partial charge on any atom is 0.218 e. The first-order valence-electron chi connectivity index (χ1n) is 10.5. The van der Waals surface area contributed by atoms with E-state index < -0.39 is 0 Å². The highest BCUT2D eigenvalue weighted by molar-refractivity contribution is 14.0. The molecule has 1 atom stereocenters. The van der Waals surface area contributed by atoms with Crippen LogP contribution in [0.15, 0.2) is 23.3 Å². The first kappa shape index (κ1) is 26.9. The predicted octanol–water partition coefficient (Wildman–Crippen LogP) is 2.14. The molecule has 8 nitrogen and oxygen atoms in total. The zero-order valence-corrected chi connectivity index (χ0v) is 21.1. The molecule has 2 rings (SSSR count). The molecule has 2 N–H and O–H groups in total. The van der Waals surface area contributed by atoms with Gasteiger partial charge < -0.3 is 24.8 Å². The van der Waals surface area contributed by atoms with Gasteiger partial charge in [0.1, 0.15) is 6.61 Å². The highest BCUT2D eigenvalue weighted by atomic mass is 127. The fraction of sp³-hybridized carbons (Fsp3) is 0.714. The van der Waals surface area contributed by atoms with Crippen molar-refractivity contribution in [2.75, 3.05) is 60.2 Å². The van der Waals surface area contributed by atoms with E-state index in [0.29, 0.717) is 37.6 Å². The zero-order chi connectivity index (χ0) is 20.9. The van der Waals surface area contributed by atoms with Crippen molar-refractivity contribution in [3.63, 3.8) is 0 Å². The summed E-state index contributed by atoms with van der Waals surface area (Å²) in [5, 5.41) is 6.86. The van der Waals surface area contributed by atoms with Gasteiger partial charge in [-0.25, -0.2) is 4.98 Å². The average molecular weight is 535 g/mol. The lowest BCUT2D eigenvalue weighted by Crippen LogP contribution is -2.51. The molecular formula is C21H38IN5O3. The number of aliphatic imine (C=N–C) groups is 1. The minimum Gasteiger partial charge on any atom is -0.475 e. The minimum atomic E-state index is 0. The van der Waals surface area contributed by atoms with Crippen LogP contribution in [0.5, 0.6) is 5.88 Å². The van der Waals surface area contributed by atoms with Crippen molar-refractivity contribution in [3.8, 4) is 5.88 Å². The molecule has 1 unspecified atom stereocenters. The van der Waals surface area contributed by atoms with Crippen LogP contribution in [0.2, 0.25) is 0 Å². The molecule has 172 valence electrons. The SMILES string of the molecule is CN=C(NCc1cccnc1OCCOC)NCC(CC(C)C)N1CCOCC1.I. The fourth-order valence-electron chi connectivity index (χ4n) is 3.37. The second-order valence-corrected chi connectivity index (χ2v) is 7.55. The molecule has 0 amide bonds. The quantitative estimate of drug-likeness (QED) is 0.195. The highest BCUT2D eigenvalue weighted by Gasteiger charge is 2.22. The summed E-state index contributed by atoms with van der Waals surface area (Å²) in [5.41, 5.74) is 0.985. The number of aromatic nitrogens is 1. The number of rotatable bonds is 11. The van der Waals surface area contributed by atoms with Gasteiger partial charge in [0.15, 0.2) is 5.96 Å². The molecule has 0 saturated carbocycles. The van der Waals surface area contributed by atoms with Gasteiger partial charge in [-0.2, -0.15) is 0 Å². The summed E-state index contributed by atoms with van der Waals surface area (Å²) in [6.07, 6.45) is 2.88. The Balaban J connectivity index is 0.00000450. The number of hydrogen-bond donors (Lipinski definition) is 2. The lowest BCUT2D eigenvalue weighted by atomic mass is 10.0. The third-order valence-electron chi connectivity index (χ3n) is 4.86. The van der Waals surface area contributed by atoms with E-state index in [2.05, 4.69) is 39.4 Å². The molecular weight excluding hydrogens is 497 g/mol. The lowest BCUT2D eigenvalue weighted by Gasteiger charge is -2.35. The van der Waals surface area contributed by atoms with E-state index in [1.165, 1.54) is 0 Å². The van der Waals surface area contributed by atoms with E-state index in [1.54, 1.807) is 20.4 Å². The summed E-state index contributed by atoms with van der Waals surface area (Å²) in [6.45, 7) is 10.6. The molecule has 0 radical (unpaired) electrons. The summed E-state index contributed by atoms with van der Waals surface area (Å²) in [4.78, 5) is 11.2. The molecule has 2 heterocycles. The van der Waals surface area contributed by atoms with Crippen molar-refractivity contribution < 1.29 is 14.2 Å². The number of halogens is 1. The smallest absolute Gasteiger partial charge is 0.218 e. The molecule has 0 aliphatic carbocycles. The largest absolute Gasteiger partial charge is 0.475 e. The summed E-state index contributed by atoms with van der Waals surface area (Å²) in [6, 6.07) is 4.38. The van der Waals surface area contributed by atoms with E-state index in [-0.39, 0.29) is 24.0 Å². The molecule has 1 saturated heterocycles. The number of nitrogens with one attached hydrogen (secondary N) is 2. The molecule has 1 fully saturated rings. The van der Waals surface area contributed by atoms with Crippen molar-refractivity contribution >= 4 is 29.9 Å². The van der Waals surface area contributed by atoms with Crippen molar-refractivity contribution in [2.24, 2.45) is 10.9 Å². The number of morpholine rings is 1. The van der Waals surface area contributed by atoms with Crippen molar-refractivity contribution in [3.05, 3.63) is 23.9 Å². The average Bonchev–Trinajstić information content (AvgIpc) is 2.74. The molecule has 1 aromatic rings. The maximum absolute atomic E-state index is 5.71. The monoisotopic (exact) mass is 535 g/mol. The Hall–Kier alpha value is -1.17. The van der Waals surface area contributed by atoms with Crippen LogP contribution in [-0.4, -0.2) is 82.1 Å². The summed E-state index contributed by atoms with van der Waals surface area (Å²) in [5.74, 6) is 2.04. The van der Waals surface area contributed by atoms with E-state index in [0.717, 1.165) is 50.8 Å². The number of pyridine rings is 1. The Kier molecular flexibility index (Phi) is 14.0. The highest BCUT2D eigenvalue weighted by Crippen LogP contribution is 2.14. The molecule has 1 aromatic heterocycles. The summed E-state index contributed by atoms with van der Waals surface area (Å²) >= 11 is 0. The van der Waals surface area contributed by atoms with Gasteiger partial charge in [0.05, 0.1) is 19.8 Å². The molecule has 1 aliphatic rings. The first-order chi connectivity index (χ1) is 14.1. The molecule has 0 spiro atoms. The normalized spacial score (nSPS) is 16.1. The Morgan fingerprint density at radius 3 is 2.70 bits per heavy atom. The van der Waals surface area contributed by atoms with Crippen LogP contribution in [0.3, 0.4) is 0 Å². The standard InChI is InChI=1S/C21H37N5O3.HI/c1-17(2)14-19(26-8-10-28-11-9-26)16-25-21(22-3)24-15-18-6-5-7-23-20(18)29-13-12-27-4;/h5-7,17,19H,8-16H2,1-4H3,(H2,22,24,25);1H. The van der Waals surface area contributed by atoms with Gasteiger partial charge in [0.2, 0.25) is 5.88 Å². The van der Waals surface area contributed by atoms with Crippen LogP contribution in [0.4, 0.5) is 0 Å². The Labute approximate surface area is 198 Å². The Morgan fingerprint density at radius 2 is 2.03 bits per heavy atom. The van der Waals surface area contributed by atoms with Crippen LogP contribution < -0.4 is 15.4 Å². The van der Waals surface area contributed by atoms with Gasteiger partial charge in [-0.3, -0.25) is 9.89 Å². The number of methoxy groups -OCH3 is 1. The third-order valence-corrected chi connectivity index (χ3v) is 4.86. The van der Waals surface area contributed by atoms with Crippen molar-refractivity contribution in [1.29, 1.82) is 0 Å². The topological polar surface area (TPSA) is 80.2 Å². The van der Waals surface area contributed by atoms with E-state index in [1.807, 2.05) is 12.1 Å². The summed E-state index contributed by atoms with van der Waals surface area (Å²) in [7, 11) is 3.45. The number of nitrogens with zero attached hydrogens (tertiary/aromatic N) is 3. The molecule has 0 aromatic carbocycles. The van der Waals surface area contributed by atoms with Crippen molar-refractivity contribution in [2.45, 2.75) is 32.9 Å². The van der Waals surface area contributed by atoms with E-state index >= 15 is 0 Å². The van der Waals surface area contributed by atoms with Crippen LogP contribution in [0.1, 0.15) is 25.8 Å². The van der Waals surface area contributed by atoms with Crippen LogP contribution >= 0.6 is 24.0 Å². The van der Waals surface area contributed by atoms with Crippen LogP contribution in [0, 0.1) is 5.92 Å². The van der Waals surface area contributed by atoms with Crippen molar-refractivity contribution in [1.82, 2.24) is 20.5 Å². The van der Waals surface area contributed by atoms with Gasteiger partial charge >= 0.3 is 0 Å². The fourth-order valence-corrected chi connectivity index (χ4v) is 3.37. The lowest BCUT2D eigenvalue weighted by molar-refractivity contribution is 0.0132. The number of guanidine groups is 1.